The first-order valence-electron chi connectivity index (χ1n) is 8.53. The first-order chi connectivity index (χ1) is 9.85. The molecule has 1 aliphatic rings. The molecule has 0 aliphatic carbocycles. The topological polar surface area (TPSA) is 49.4 Å². The predicted molar refractivity (Wildman–Crippen MR) is 90.5 cm³/mol. The molecular formula is C16H34N2O2S. The van der Waals surface area contributed by atoms with Crippen LogP contribution in [0.5, 0.6) is 0 Å². The van der Waals surface area contributed by atoms with Gasteiger partial charge in [-0.2, -0.15) is 0 Å². The van der Waals surface area contributed by atoms with Gasteiger partial charge in [0.2, 0.25) is 0 Å². The Balaban J connectivity index is 2.50. The van der Waals surface area contributed by atoms with Gasteiger partial charge in [0.15, 0.2) is 9.84 Å². The maximum atomic E-state index is 11.7. The molecule has 21 heavy (non-hydrogen) atoms. The van der Waals surface area contributed by atoms with E-state index in [2.05, 4.69) is 24.1 Å². The average molecular weight is 319 g/mol. The molecule has 1 saturated heterocycles. The third-order valence-corrected chi connectivity index (χ3v) is 6.39. The lowest BCUT2D eigenvalue weighted by atomic mass is 10.0. The Morgan fingerprint density at radius 1 is 1.05 bits per heavy atom. The molecule has 1 N–H and O–H groups in total. The van der Waals surface area contributed by atoms with Gasteiger partial charge in [-0.15, -0.1) is 0 Å². The van der Waals surface area contributed by atoms with Crippen molar-refractivity contribution in [1.82, 2.24) is 10.2 Å². The molecule has 0 aromatic carbocycles. The van der Waals surface area contributed by atoms with E-state index in [4.69, 9.17) is 0 Å². The fraction of sp³-hybridized carbons (Fsp3) is 1.00. The number of likely N-dealkylation sites (tertiary alicyclic amines) is 1. The highest BCUT2D eigenvalue weighted by molar-refractivity contribution is 7.91. The highest BCUT2D eigenvalue weighted by Gasteiger charge is 2.23. The van der Waals surface area contributed by atoms with Crippen LogP contribution in [-0.2, 0) is 9.84 Å². The van der Waals surface area contributed by atoms with Gasteiger partial charge in [-0.3, -0.25) is 4.90 Å². The van der Waals surface area contributed by atoms with Gasteiger partial charge in [0.1, 0.15) is 0 Å². The van der Waals surface area contributed by atoms with Crippen LogP contribution >= 0.6 is 0 Å². The fourth-order valence-electron chi connectivity index (χ4n) is 3.09. The quantitative estimate of drug-likeness (QED) is 0.746. The second-order valence-corrected chi connectivity index (χ2v) is 9.17. The highest BCUT2D eigenvalue weighted by atomic mass is 32.2. The van der Waals surface area contributed by atoms with Crippen LogP contribution in [0.4, 0.5) is 0 Å². The van der Waals surface area contributed by atoms with E-state index in [9.17, 15) is 8.42 Å². The van der Waals surface area contributed by atoms with Crippen molar-refractivity contribution < 1.29 is 8.42 Å². The third kappa shape index (κ3) is 7.11. The van der Waals surface area contributed by atoms with Crippen molar-refractivity contribution in [3.05, 3.63) is 0 Å². The Labute approximate surface area is 131 Å². The zero-order chi connectivity index (χ0) is 15.9. The summed E-state index contributed by atoms with van der Waals surface area (Å²) in [4.78, 5) is 2.60. The first-order valence-corrected chi connectivity index (χ1v) is 10.4. The summed E-state index contributed by atoms with van der Waals surface area (Å²) in [5.74, 6) is 1.07. The number of nitrogens with one attached hydrogen (secondary N) is 1. The molecule has 2 atom stereocenters. The van der Waals surface area contributed by atoms with Gasteiger partial charge in [0.25, 0.3) is 0 Å². The van der Waals surface area contributed by atoms with Crippen molar-refractivity contribution in [1.29, 1.82) is 0 Å². The van der Waals surface area contributed by atoms with E-state index in [1.165, 1.54) is 38.8 Å². The first kappa shape index (κ1) is 18.9. The molecule has 0 bridgehead atoms. The molecule has 5 heteroatoms. The van der Waals surface area contributed by atoms with Crippen molar-refractivity contribution >= 4 is 9.84 Å². The van der Waals surface area contributed by atoms with Gasteiger partial charge in [0.05, 0.1) is 5.75 Å². The van der Waals surface area contributed by atoms with Crippen LogP contribution in [0.25, 0.3) is 0 Å². The average Bonchev–Trinajstić information content (AvgIpc) is 2.67. The molecule has 0 spiro atoms. The minimum absolute atomic E-state index is 0.0307. The van der Waals surface area contributed by atoms with Crippen LogP contribution in [0.1, 0.15) is 53.4 Å². The van der Waals surface area contributed by atoms with Crippen LogP contribution in [0, 0.1) is 5.92 Å². The van der Waals surface area contributed by atoms with Crippen molar-refractivity contribution in [2.45, 2.75) is 65.5 Å². The molecule has 0 aromatic rings. The third-order valence-electron chi connectivity index (χ3n) is 4.50. The number of sulfone groups is 1. The molecule has 0 saturated carbocycles. The lowest BCUT2D eigenvalue weighted by Gasteiger charge is -2.34. The maximum absolute atomic E-state index is 11.7. The van der Waals surface area contributed by atoms with Crippen LogP contribution in [0.15, 0.2) is 0 Å². The molecule has 0 amide bonds. The zero-order valence-corrected chi connectivity index (χ0v) is 15.1. The molecule has 1 fully saturated rings. The Hall–Kier alpha value is -0.130. The van der Waals surface area contributed by atoms with Crippen molar-refractivity contribution in [3.8, 4) is 0 Å². The Morgan fingerprint density at radius 2 is 1.62 bits per heavy atom. The Kier molecular flexibility index (Phi) is 8.21. The van der Waals surface area contributed by atoms with E-state index in [1.54, 1.807) is 6.92 Å². The lowest BCUT2D eigenvalue weighted by Crippen LogP contribution is -2.48. The predicted octanol–water partition coefficient (Wildman–Crippen LogP) is 2.30. The minimum Gasteiger partial charge on any atom is -0.312 e. The minimum atomic E-state index is -2.89. The molecule has 1 rings (SSSR count). The SMILES string of the molecule is CCS(=O)(=O)C[C@@H](C)NC[C@H](C(C)C)N1CCCCCC1. The number of rotatable bonds is 8. The normalized spacial score (nSPS) is 21.2. The molecule has 126 valence electrons. The second kappa shape index (κ2) is 9.11. The summed E-state index contributed by atoms with van der Waals surface area (Å²) < 4.78 is 23.4. The lowest BCUT2D eigenvalue weighted by molar-refractivity contribution is 0.154. The van der Waals surface area contributed by atoms with Crippen LogP contribution in [0.3, 0.4) is 0 Å². The molecule has 0 radical (unpaired) electrons. The monoisotopic (exact) mass is 318 g/mol. The van der Waals surface area contributed by atoms with E-state index < -0.39 is 9.84 Å². The van der Waals surface area contributed by atoms with Gasteiger partial charge >= 0.3 is 0 Å². The van der Waals surface area contributed by atoms with E-state index in [0.717, 1.165) is 6.54 Å². The van der Waals surface area contributed by atoms with Crippen molar-refractivity contribution in [2.24, 2.45) is 5.92 Å². The van der Waals surface area contributed by atoms with Crippen molar-refractivity contribution in [2.75, 3.05) is 31.1 Å². The van der Waals surface area contributed by atoms with E-state index in [-0.39, 0.29) is 17.5 Å². The molecule has 4 nitrogen and oxygen atoms in total. The standard InChI is InChI=1S/C16H34N2O2S/c1-5-21(19,20)13-15(4)17-12-16(14(2)3)18-10-8-6-7-9-11-18/h14-17H,5-13H2,1-4H3/t15-,16-/m1/s1. The number of nitrogens with zero attached hydrogens (tertiary/aromatic N) is 1. The molecule has 0 aromatic heterocycles. The Morgan fingerprint density at radius 3 is 2.10 bits per heavy atom. The largest absolute Gasteiger partial charge is 0.312 e. The summed E-state index contributed by atoms with van der Waals surface area (Å²) in [5.41, 5.74) is 0. The van der Waals surface area contributed by atoms with Gasteiger partial charge < -0.3 is 5.32 Å². The molecule has 0 unspecified atom stereocenters. The second-order valence-electron chi connectivity index (χ2n) is 6.77. The van der Waals surface area contributed by atoms with Gasteiger partial charge in [0, 0.05) is 24.4 Å². The fourth-order valence-corrected chi connectivity index (χ4v) is 4.21. The number of hydrogen-bond donors (Lipinski definition) is 1. The van der Waals surface area contributed by atoms with E-state index >= 15 is 0 Å². The Bertz CT molecular complexity index is 374. The maximum Gasteiger partial charge on any atom is 0.151 e. The summed E-state index contributed by atoms with van der Waals surface area (Å²) in [6.07, 6.45) is 5.28. The highest BCUT2D eigenvalue weighted by Crippen LogP contribution is 2.17. The smallest absolute Gasteiger partial charge is 0.151 e. The van der Waals surface area contributed by atoms with Crippen LogP contribution in [0.2, 0.25) is 0 Å². The van der Waals surface area contributed by atoms with Gasteiger partial charge in [-0.25, -0.2) is 8.42 Å². The zero-order valence-electron chi connectivity index (χ0n) is 14.3. The summed E-state index contributed by atoms with van der Waals surface area (Å²) >= 11 is 0. The number of hydrogen-bond acceptors (Lipinski definition) is 4. The van der Waals surface area contributed by atoms with E-state index in [0.29, 0.717) is 12.0 Å². The van der Waals surface area contributed by atoms with E-state index in [1.807, 2.05) is 6.92 Å². The molecular weight excluding hydrogens is 284 g/mol. The molecule has 1 heterocycles. The van der Waals surface area contributed by atoms with Gasteiger partial charge in [-0.1, -0.05) is 33.6 Å². The summed E-state index contributed by atoms with van der Waals surface area (Å²) in [7, 11) is -2.89. The van der Waals surface area contributed by atoms with Crippen molar-refractivity contribution in [3.63, 3.8) is 0 Å². The summed E-state index contributed by atoms with van der Waals surface area (Å²) in [5, 5.41) is 3.45. The summed E-state index contributed by atoms with van der Waals surface area (Å²) in [6.45, 7) is 11.5. The van der Waals surface area contributed by atoms with Crippen LogP contribution in [-0.4, -0.2) is 56.5 Å². The van der Waals surface area contributed by atoms with Crippen LogP contribution < -0.4 is 5.32 Å². The molecule has 1 aliphatic heterocycles. The summed E-state index contributed by atoms with van der Waals surface area (Å²) in [6, 6.07) is 0.540. The van der Waals surface area contributed by atoms with Gasteiger partial charge in [-0.05, 0) is 38.8 Å².